The first-order valence-electron chi connectivity index (χ1n) is 4.41. The van der Waals surface area contributed by atoms with Gasteiger partial charge in [0, 0.05) is 11.1 Å². The van der Waals surface area contributed by atoms with Gasteiger partial charge in [-0.2, -0.15) is 0 Å². The third-order valence-corrected chi connectivity index (χ3v) is 2.96. The Morgan fingerprint density at radius 1 is 1.43 bits per heavy atom. The van der Waals surface area contributed by atoms with Crippen molar-refractivity contribution in [3.05, 3.63) is 34.3 Å². The molecule has 1 aromatic rings. The normalized spacial score (nSPS) is 25.1. The van der Waals surface area contributed by atoms with Crippen LogP contribution in [0.3, 0.4) is 0 Å². The molecule has 3 N–H and O–H groups in total. The van der Waals surface area contributed by atoms with Crippen molar-refractivity contribution < 1.29 is 5.11 Å². The standard InChI is InChI=1S/C10H12ClNO.ClH/c11-8-3-1-2-7-6(8)4-5-9(12)10(7)13;/h1-3,9-10,13H,4-5,12H2;1H. The Hall–Kier alpha value is -0.280. The number of halogens is 2. The zero-order valence-electron chi connectivity index (χ0n) is 7.61. The summed E-state index contributed by atoms with van der Waals surface area (Å²) in [5.74, 6) is 0. The molecule has 0 saturated heterocycles. The van der Waals surface area contributed by atoms with Gasteiger partial charge in [0.25, 0.3) is 0 Å². The highest BCUT2D eigenvalue weighted by atomic mass is 35.5. The van der Waals surface area contributed by atoms with Gasteiger partial charge in [-0.25, -0.2) is 0 Å². The highest BCUT2D eigenvalue weighted by molar-refractivity contribution is 6.31. The Morgan fingerprint density at radius 2 is 2.14 bits per heavy atom. The van der Waals surface area contributed by atoms with Crippen LogP contribution in [-0.4, -0.2) is 11.1 Å². The zero-order chi connectivity index (χ0) is 9.42. The highest BCUT2D eigenvalue weighted by Crippen LogP contribution is 2.32. The molecule has 0 aromatic heterocycles. The highest BCUT2D eigenvalue weighted by Gasteiger charge is 2.25. The molecule has 0 spiro atoms. The van der Waals surface area contributed by atoms with E-state index in [-0.39, 0.29) is 18.4 Å². The van der Waals surface area contributed by atoms with E-state index in [1.807, 2.05) is 18.2 Å². The number of fused-ring (bicyclic) bond motifs is 1. The van der Waals surface area contributed by atoms with Gasteiger partial charge in [-0.3, -0.25) is 0 Å². The van der Waals surface area contributed by atoms with Crippen LogP contribution >= 0.6 is 24.0 Å². The molecule has 0 amide bonds. The summed E-state index contributed by atoms with van der Waals surface area (Å²) >= 11 is 6.00. The largest absolute Gasteiger partial charge is 0.387 e. The number of rotatable bonds is 0. The first-order chi connectivity index (χ1) is 6.20. The van der Waals surface area contributed by atoms with Crippen LogP contribution in [0.25, 0.3) is 0 Å². The van der Waals surface area contributed by atoms with Gasteiger partial charge in [-0.05, 0) is 30.0 Å². The van der Waals surface area contributed by atoms with Crippen molar-refractivity contribution in [2.45, 2.75) is 25.0 Å². The SMILES string of the molecule is Cl.NC1CCc2c(Cl)cccc2C1O. The van der Waals surface area contributed by atoms with Gasteiger partial charge >= 0.3 is 0 Å². The third-order valence-electron chi connectivity index (χ3n) is 2.61. The second-order valence-electron chi connectivity index (χ2n) is 3.45. The van der Waals surface area contributed by atoms with E-state index < -0.39 is 6.10 Å². The second kappa shape index (κ2) is 4.49. The zero-order valence-corrected chi connectivity index (χ0v) is 9.18. The first kappa shape index (κ1) is 11.8. The molecule has 0 heterocycles. The molecule has 0 saturated carbocycles. The predicted octanol–water partition coefficient (Wildman–Crippen LogP) is 2.07. The average molecular weight is 234 g/mol. The van der Waals surface area contributed by atoms with Crippen LogP contribution in [0, 0.1) is 0 Å². The fourth-order valence-corrected chi connectivity index (χ4v) is 2.09. The lowest BCUT2D eigenvalue weighted by Crippen LogP contribution is -2.33. The number of nitrogens with two attached hydrogens (primary N) is 1. The lowest BCUT2D eigenvalue weighted by atomic mass is 9.86. The molecule has 0 fully saturated rings. The molecule has 1 aliphatic carbocycles. The van der Waals surface area contributed by atoms with Crippen molar-refractivity contribution in [2.75, 3.05) is 0 Å². The Balaban J connectivity index is 0.000000980. The molecule has 0 radical (unpaired) electrons. The van der Waals surface area contributed by atoms with Crippen molar-refractivity contribution in [2.24, 2.45) is 5.73 Å². The van der Waals surface area contributed by atoms with E-state index >= 15 is 0 Å². The minimum atomic E-state index is -0.553. The molecular weight excluding hydrogens is 221 g/mol. The van der Waals surface area contributed by atoms with Gasteiger partial charge in [-0.1, -0.05) is 23.7 Å². The lowest BCUT2D eigenvalue weighted by Gasteiger charge is -2.27. The van der Waals surface area contributed by atoms with Crippen LogP contribution in [0.2, 0.25) is 5.02 Å². The number of hydrogen-bond donors (Lipinski definition) is 2. The number of benzene rings is 1. The summed E-state index contributed by atoms with van der Waals surface area (Å²) in [6.07, 6.45) is 1.12. The van der Waals surface area contributed by atoms with Crippen LogP contribution < -0.4 is 5.73 Å². The summed E-state index contributed by atoms with van der Waals surface area (Å²) in [5, 5.41) is 10.5. The molecule has 2 atom stereocenters. The van der Waals surface area contributed by atoms with E-state index in [0.29, 0.717) is 0 Å². The molecule has 1 aliphatic rings. The fourth-order valence-electron chi connectivity index (χ4n) is 1.82. The van der Waals surface area contributed by atoms with E-state index in [4.69, 9.17) is 17.3 Å². The smallest absolute Gasteiger partial charge is 0.0944 e. The molecule has 2 rings (SSSR count). The van der Waals surface area contributed by atoms with E-state index in [1.54, 1.807) is 0 Å². The Morgan fingerprint density at radius 3 is 2.86 bits per heavy atom. The molecule has 78 valence electrons. The maximum atomic E-state index is 9.77. The van der Waals surface area contributed by atoms with Crippen molar-refractivity contribution in [3.63, 3.8) is 0 Å². The summed E-state index contributed by atoms with van der Waals surface area (Å²) in [5.41, 5.74) is 7.70. The van der Waals surface area contributed by atoms with Crippen molar-refractivity contribution in [3.8, 4) is 0 Å². The van der Waals surface area contributed by atoms with Gasteiger partial charge in [-0.15, -0.1) is 12.4 Å². The Bertz CT molecular complexity index is 330. The number of aliphatic hydroxyl groups is 1. The van der Waals surface area contributed by atoms with Crippen LogP contribution in [0.15, 0.2) is 18.2 Å². The maximum Gasteiger partial charge on any atom is 0.0944 e. The van der Waals surface area contributed by atoms with Gasteiger partial charge in [0.1, 0.15) is 0 Å². The van der Waals surface area contributed by atoms with Crippen LogP contribution in [-0.2, 0) is 6.42 Å². The monoisotopic (exact) mass is 233 g/mol. The number of aliphatic hydroxyl groups excluding tert-OH is 1. The van der Waals surface area contributed by atoms with Crippen molar-refractivity contribution >= 4 is 24.0 Å². The van der Waals surface area contributed by atoms with E-state index in [2.05, 4.69) is 0 Å². The average Bonchev–Trinajstić information content (AvgIpc) is 2.12. The topological polar surface area (TPSA) is 46.2 Å². The molecule has 1 aromatic carbocycles. The molecular formula is C10H13Cl2NO. The van der Waals surface area contributed by atoms with Crippen molar-refractivity contribution in [1.82, 2.24) is 0 Å². The van der Waals surface area contributed by atoms with E-state index in [1.165, 1.54) is 0 Å². The Labute approximate surface area is 94.5 Å². The molecule has 4 heteroatoms. The quantitative estimate of drug-likeness (QED) is 0.721. The lowest BCUT2D eigenvalue weighted by molar-refractivity contribution is 0.134. The van der Waals surface area contributed by atoms with Gasteiger partial charge in [0.15, 0.2) is 0 Å². The molecule has 0 aliphatic heterocycles. The first-order valence-corrected chi connectivity index (χ1v) is 4.79. The third kappa shape index (κ3) is 1.89. The summed E-state index contributed by atoms with van der Waals surface area (Å²) < 4.78 is 0. The molecule has 2 unspecified atom stereocenters. The van der Waals surface area contributed by atoms with Gasteiger partial charge < -0.3 is 10.8 Å². The number of hydrogen-bond acceptors (Lipinski definition) is 2. The van der Waals surface area contributed by atoms with Crippen LogP contribution in [0.5, 0.6) is 0 Å². The molecule has 14 heavy (non-hydrogen) atoms. The maximum absolute atomic E-state index is 9.77. The van der Waals surface area contributed by atoms with E-state index in [0.717, 1.165) is 29.0 Å². The molecule has 2 nitrogen and oxygen atoms in total. The summed E-state index contributed by atoms with van der Waals surface area (Å²) in [6.45, 7) is 0. The molecule has 0 bridgehead atoms. The summed E-state index contributed by atoms with van der Waals surface area (Å²) in [7, 11) is 0. The second-order valence-corrected chi connectivity index (χ2v) is 3.86. The Kier molecular flexibility index (Phi) is 3.78. The predicted molar refractivity (Wildman–Crippen MR) is 60.0 cm³/mol. The van der Waals surface area contributed by atoms with Crippen molar-refractivity contribution in [1.29, 1.82) is 0 Å². The summed E-state index contributed by atoms with van der Waals surface area (Å²) in [6, 6.07) is 5.45. The van der Waals surface area contributed by atoms with E-state index in [9.17, 15) is 5.11 Å². The van der Waals surface area contributed by atoms with Crippen LogP contribution in [0.4, 0.5) is 0 Å². The fraction of sp³-hybridized carbons (Fsp3) is 0.400. The minimum absolute atomic E-state index is 0. The van der Waals surface area contributed by atoms with Crippen LogP contribution in [0.1, 0.15) is 23.7 Å². The minimum Gasteiger partial charge on any atom is -0.387 e. The summed E-state index contributed by atoms with van der Waals surface area (Å²) in [4.78, 5) is 0. The van der Waals surface area contributed by atoms with Gasteiger partial charge in [0.05, 0.1) is 6.10 Å². The van der Waals surface area contributed by atoms with Gasteiger partial charge in [0.2, 0.25) is 0 Å².